The molecule has 1 unspecified atom stereocenters. The lowest BCUT2D eigenvalue weighted by Crippen LogP contribution is -2.28. The summed E-state index contributed by atoms with van der Waals surface area (Å²) >= 11 is 7.59. The molecular formula is C21H33ClN2OS. The summed E-state index contributed by atoms with van der Waals surface area (Å²) in [5.74, 6) is 2.00. The first-order valence-electron chi connectivity index (χ1n) is 9.75. The average Bonchev–Trinajstić information content (AvgIpc) is 2.63. The van der Waals surface area contributed by atoms with Crippen LogP contribution in [0.4, 0.5) is 0 Å². The van der Waals surface area contributed by atoms with Crippen molar-refractivity contribution in [2.45, 2.75) is 72.3 Å². The Labute approximate surface area is 168 Å². The van der Waals surface area contributed by atoms with Crippen molar-refractivity contribution < 1.29 is 4.79 Å². The number of carbonyl (C=O) groups excluding carboxylic acids is 1. The molecule has 0 aliphatic heterocycles. The highest BCUT2D eigenvalue weighted by Crippen LogP contribution is 2.32. The topological polar surface area (TPSA) is 42.0 Å². The number of amides is 1. The molecule has 0 radical (unpaired) electrons. The second-order valence-corrected chi connectivity index (χ2v) is 8.27. The lowest BCUT2D eigenvalue weighted by Gasteiger charge is -2.27. The summed E-state index contributed by atoms with van der Waals surface area (Å²) in [5.41, 5.74) is 3.10. The number of thioether (sulfide) groups is 1. The third-order valence-electron chi connectivity index (χ3n) is 4.32. The van der Waals surface area contributed by atoms with Gasteiger partial charge >= 0.3 is 0 Å². The fourth-order valence-corrected chi connectivity index (χ4v) is 4.06. The second kappa shape index (κ2) is 11.7. The lowest BCUT2D eigenvalue weighted by molar-refractivity contribution is 0.0958. The molecule has 0 saturated heterocycles. The van der Waals surface area contributed by atoms with Gasteiger partial charge < -0.3 is 5.32 Å². The van der Waals surface area contributed by atoms with Gasteiger partial charge in [-0.05, 0) is 61.0 Å². The molecule has 1 amide bonds. The number of hydrogen-bond donors (Lipinski definition) is 1. The van der Waals surface area contributed by atoms with Gasteiger partial charge in [0.25, 0.3) is 5.91 Å². The van der Waals surface area contributed by atoms with E-state index in [1.54, 1.807) is 23.9 Å². The Bertz CT molecular complexity index is 628. The molecule has 0 bridgehead atoms. The van der Waals surface area contributed by atoms with E-state index >= 15 is 0 Å². The largest absolute Gasteiger partial charge is 0.326 e. The summed E-state index contributed by atoms with van der Waals surface area (Å²) in [6.45, 7) is 12.8. The Morgan fingerprint density at radius 1 is 1.38 bits per heavy atom. The van der Waals surface area contributed by atoms with Gasteiger partial charge in [0.05, 0.1) is 5.56 Å². The van der Waals surface area contributed by atoms with Gasteiger partial charge in [-0.1, -0.05) is 53.1 Å². The molecule has 1 heterocycles. The molecule has 1 atom stereocenters. The zero-order chi connectivity index (χ0) is 19.7. The third-order valence-corrected chi connectivity index (χ3v) is 5.73. The summed E-state index contributed by atoms with van der Waals surface area (Å²) in [7, 11) is 0. The maximum atomic E-state index is 12.8. The van der Waals surface area contributed by atoms with Crippen LogP contribution >= 0.6 is 23.4 Å². The minimum atomic E-state index is -0.0690. The predicted octanol–water partition coefficient (Wildman–Crippen LogP) is 6.72. The molecule has 0 saturated carbocycles. The molecule has 146 valence electrons. The third kappa shape index (κ3) is 6.62. The van der Waals surface area contributed by atoms with Crippen LogP contribution in [-0.4, -0.2) is 16.6 Å². The standard InChI is InChI=1S/C19H27ClN2OS.C2H6/c1-5-10-24-19-14(7-9-17(20)22-19)18(23)21-16-8-6-13(4)11-15(16)12(2)3;1-2/h7,9,12-13H,5-6,8,10-11H2,1-4H3,(H,21,23);1-2H3. The molecule has 0 spiro atoms. The van der Waals surface area contributed by atoms with E-state index in [1.807, 2.05) is 13.8 Å². The highest BCUT2D eigenvalue weighted by molar-refractivity contribution is 7.99. The molecular weight excluding hydrogens is 364 g/mol. The van der Waals surface area contributed by atoms with Gasteiger partial charge in [-0.2, -0.15) is 0 Å². The van der Waals surface area contributed by atoms with Gasteiger partial charge in [0, 0.05) is 5.70 Å². The Balaban J connectivity index is 0.00000163. The minimum absolute atomic E-state index is 0.0690. The van der Waals surface area contributed by atoms with Gasteiger partial charge in [0.2, 0.25) is 0 Å². The van der Waals surface area contributed by atoms with Crippen molar-refractivity contribution in [3.63, 3.8) is 0 Å². The van der Waals surface area contributed by atoms with Crippen LogP contribution in [0.25, 0.3) is 0 Å². The van der Waals surface area contributed by atoms with Crippen LogP contribution in [0.2, 0.25) is 5.15 Å². The number of hydrogen-bond acceptors (Lipinski definition) is 3. The van der Waals surface area contributed by atoms with Crippen LogP contribution < -0.4 is 5.32 Å². The molecule has 26 heavy (non-hydrogen) atoms. The molecule has 5 heteroatoms. The quantitative estimate of drug-likeness (QED) is 0.428. The summed E-state index contributed by atoms with van der Waals surface area (Å²) in [6, 6.07) is 3.47. The van der Waals surface area contributed by atoms with Crippen LogP contribution in [0.15, 0.2) is 28.4 Å². The van der Waals surface area contributed by atoms with Crippen molar-refractivity contribution in [3.05, 3.63) is 34.1 Å². The fraction of sp³-hybridized carbons (Fsp3) is 0.619. The zero-order valence-corrected chi connectivity index (χ0v) is 18.6. The van der Waals surface area contributed by atoms with Gasteiger partial charge in [0.1, 0.15) is 10.2 Å². The number of pyridine rings is 1. The van der Waals surface area contributed by atoms with Crippen molar-refractivity contribution in [1.82, 2.24) is 10.3 Å². The monoisotopic (exact) mass is 396 g/mol. The number of rotatable bonds is 6. The van der Waals surface area contributed by atoms with Crippen molar-refractivity contribution in [2.75, 3.05) is 5.75 Å². The van der Waals surface area contributed by atoms with E-state index in [2.05, 4.69) is 38.0 Å². The molecule has 0 aromatic carbocycles. The van der Waals surface area contributed by atoms with Gasteiger partial charge in [-0.15, -0.1) is 11.8 Å². The number of aromatic nitrogens is 1. The van der Waals surface area contributed by atoms with Crippen molar-refractivity contribution >= 4 is 29.3 Å². The Morgan fingerprint density at radius 3 is 2.69 bits per heavy atom. The predicted molar refractivity (Wildman–Crippen MR) is 114 cm³/mol. The maximum absolute atomic E-state index is 12.8. The minimum Gasteiger partial charge on any atom is -0.326 e. The molecule has 0 fully saturated rings. The zero-order valence-electron chi connectivity index (χ0n) is 17.0. The number of halogens is 1. The maximum Gasteiger partial charge on any atom is 0.258 e. The first-order chi connectivity index (χ1) is 12.4. The van der Waals surface area contributed by atoms with E-state index in [9.17, 15) is 4.79 Å². The summed E-state index contributed by atoms with van der Waals surface area (Å²) < 4.78 is 0. The van der Waals surface area contributed by atoms with E-state index in [4.69, 9.17) is 11.6 Å². The fourth-order valence-electron chi connectivity index (χ4n) is 2.98. The van der Waals surface area contributed by atoms with Gasteiger partial charge in [-0.25, -0.2) is 4.98 Å². The number of nitrogens with zero attached hydrogens (tertiary/aromatic N) is 1. The Kier molecular flexibility index (Phi) is 10.3. The summed E-state index contributed by atoms with van der Waals surface area (Å²) in [4.78, 5) is 17.2. The van der Waals surface area contributed by atoms with Crippen molar-refractivity contribution in [2.24, 2.45) is 11.8 Å². The molecule has 1 N–H and O–H groups in total. The van der Waals surface area contributed by atoms with E-state index in [-0.39, 0.29) is 5.91 Å². The van der Waals surface area contributed by atoms with E-state index in [0.717, 1.165) is 42.2 Å². The van der Waals surface area contributed by atoms with Gasteiger partial charge in [-0.3, -0.25) is 4.79 Å². The molecule has 1 aliphatic rings. The highest BCUT2D eigenvalue weighted by Gasteiger charge is 2.23. The Hall–Kier alpha value is -1.00. The molecule has 3 nitrogen and oxygen atoms in total. The summed E-state index contributed by atoms with van der Waals surface area (Å²) in [5, 5.41) is 4.32. The first-order valence-corrected chi connectivity index (χ1v) is 11.1. The molecule has 1 aromatic heterocycles. The number of nitrogens with one attached hydrogen (secondary N) is 1. The lowest BCUT2D eigenvalue weighted by atomic mass is 9.83. The average molecular weight is 397 g/mol. The van der Waals surface area contributed by atoms with Crippen molar-refractivity contribution in [3.8, 4) is 0 Å². The smallest absolute Gasteiger partial charge is 0.258 e. The van der Waals surface area contributed by atoms with Crippen LogP contribution in [0, 0.1) is 11.8 Å². The van der Waals surface area contributed by atoms with Gasteiger partial charge in [0.15, 0.2) is 0 Å². The van der Waals surface area contributed by atoms with E-state index in [0.29, 0.717) is 22.6 Å². The van der Waals surface area contributed by atoms with E-state index in [1.165, 1.54) is 5.57 Å². The second-order valence-electron chi connectivity index (χ2n) is 6.80. The molecule has 2 rings (SSSR count). The first kappa shape index (κ1) is 23.0. The normalized spacial score (nSPS) is 17.0. The van der Waals surface area contributed by atoms with Crippen LogP contribution in [-0.2, 0) is 0 Å². The number of carbonyl (C=O) groups is 1. The van der Waals surface area contributed by atoms with E-state index < -0.39 is 0 Å². The summed E-state index contributed by atoms with van der Waals surface area (Å²) in [6.07, 6.45) is 4.17. The number of allylic oxidation sites excluding steroid dienone is 2. The molecule has 1 aromatic rings. The van der Waals surface area contributed by atoms with Crippen LogP contribution in [0.1, 0.15) is 77.6 Å². The SMILES string of the molecule is CC.CCCSc1nc(Cl)ccc1C(=O)NC1=C(C(C)C)CC(C)CC1. The van der Waals surface area contributed by atoms with Crippen LogP contribution in [0.5, 0.6) is 0 Å². The van der Waals surface area contributed by atoms with Crippen LogP contribution in [0.3, 0.4) is 0 Å². The molecule has 1 aliphatic carbocycles. The highest BCUT2D eigenvalue weighted by atomic mass is 35.5. The Morgan fingerprint density at radius 2 is 2.08 bits per heavy atom. The van der Waals surface area contributed by atoms with Crippen molar-refractivity contribution in [1.29, 1.82) is 0 Å².